The van der Waals surface area contributed by atoms with E-state index in [9.17, 15) is 0 Å². The summed E-state index contributed by atoms with van der Waals surface area (Å²) >= 11 is 0. The van der Waals surface area contributed by atoms with Gasteiger partial charge in [-0.1, -0.05) is 0 Å². The monoisotopic (exact) mass is 284 g/mol. The molecule has 0 saturated heterocycles. The molecule has 0 aliphatic heterocycles. The van der Waals surface area contributed by atoms with Gasteiger partial charge < -0.3 is 33.1 Å². The van der Waals surface area contributed by atoms with Gasteiger partial charge in [0.1, 0.15) is 0 Å². The average molecular weight is 285 g/mol. The fraction of sp³-hybridized carbons (Fsp3) is 0. The molecular weight excluding hydrogens is 276 g/mol. The molecule has 0 bridgehead atoms. The van der Waals surface area contributed by atoms with Crippen molar-refractivity contribution in [3.63, 3.8) is 0 Å². The Bertz CT molecular complexity index is 129. The second-order valence-corrected chi connectivity index (χ2v) is 2.54. The Morgan fingerprint density at radius 3 is 0.643 bits per heavy atom. The van der Waals surface area contributed by atoms with E-state index in [0.29, 0.717) is 0 Å². The van der Waals surface area contributed by atoms with Crippen LogP contribution in [0.5, 0.6) is 0 Å². The first-order valence-electron chi connectivity index (χ1n) is 1.95. The maximum Gasteiger partial charge on any atom is 2.00 e. The minimum absolute atomic E-state index is 0. The van der Waals surface area contributed by atoms with E-state index in [2.05, 4.69) is 0 Å². The molecule has 0 aliphatic carbocycles. The van der Waals surface area contributed by atoms with Gasteiger partial charge in [-0.15, -0.1) is 0 Å². The molecule has 9 nitrogen and oxygen atoms in total. The Morgan fingerprint density at radius 2 is 0.643 bits per heavy atom. The maximum atomic E-state index is 8.74. The zero-order chi connectivity index (χ0) is 10.7. The normalized spacial score (nSPS) is 5.14. The Labute approximate surface area is 126 Å². The molecule has 0 aromatic rings. The topological polar surface area (TPSA) is 173 Å². The third-order valence-corrected chi connectivity index (χ3v) is 0. The van der Waals surface area contributed by atoms with Crippen LogP contribution in [0.1, 0.15) is 4.28 Å². The second-order valence-electron chi connectivity index (χ2n) is 0.848. The fourth-order valence-corrected chi connectivity index (χ4v) is 0. The van der Waals surface area contributed by atoms with Crippen LogP contribution in [0, 0.1) is 0 Å². The van der Waals surface area contributed by atoms with E-state index in [1.165, 1.54) is 0 Å². The van der Waals surface area contributed by atoms with E-state index in [4.69, 9.17) is 42.2 Å². The summed E-state index contributed by atoms with van der Waals surface area (Å²) in [4.78, 5) is 42.9. The number of hydrogen-bond donors (Lipinski definition) is 6. The van der Waals surface area contributed by atoms with Crippen LogP contribution in [0.15, 0.2) is 0 Å². The Kier molecular flexibility index (Phi) is 49.1. The van der Waals surface area contributed by atoms with Crippen molar-refractivity contribution >= 4 is 50.6 Å². The van der Waals surface area contributed by atoms with Gasteiger partial charge in [0, 0.05) is 0 Å². The summed E-state index contributed by atoms with van der Waals surface area (Å²) in [6, 6.07) is 0. The summed E-state index contributed by atoms with van der Waals surface area (Å²) in [5.74, 6) is 0. The van der Waals surface area contributed by atoms with Crippen molar-refractivity contribution in [3.05, 3.63) is 0 Å². The Hall–Kier alpha value is 0.617. The van der Waals surface area contributed by atoms with Crippen molar-refractivity contribution in [1.82, 2.24) is 0 Å². The zero-order valence-corrected chi connectivity index (χ0v) is 13.5. The molecule has 0 unspecified atom stereocenters. The van der Waals surface area contributed by atoms with Crippen molar-refractivity contribution in [3.8, 4) is 0 Å². The van der Waals surface area contributed by atoms with Gasteiger partial charge in [0.05, 0.1) is 0 Å². The summed E-state index contributed by atoms with van der Waals surface area (Å²) in [5, 5.41) is 0. The third-order valence-electron chi connectivity index (χ3n) is 0. The van der Waals surface area contributed by atoms with E-state index >= 15 is 0 Å². The number of hydrogen-bond acceptors (Lipinski definition) is 3. The molecule has 0 amide bonds. The molecule has 0 aromatic heterocycles. The van der Waals surface area contributed by atoms with Crippen molar-refractivity contribution < 1.29 is 76.0 Å². The second kappa shape index (κ2) is 23.4. The predicted molar refractivity (Wildman–Crippen MR) is 41.7 cm³/mol. The molecule has 0 rings (SSSR count). The van der Waals surface area contributed by atoms with E-state index < -0.39 is 27.5 Å². The number of rotatable bonds is 0. The van der Waals surface area contributed by atoms with Gasteiger partial charge in [0.25, 0.3) is 0 Å². The predicted octanol–water partition coefficient (Wildman–Crippen LogP) is -7.88. The SMILES string of the molecule is O=[Si](O)O.O=[Si](O)O.O=[Si](O)O.[H-].[H-].[H-].[Mg+2].[Na+]. The quantitative estimate of drug-likeness (QED) is 0.236. The van der Waals surface area contributed by atoms with E-state index in [1.807, 2.05) is 0 Å². The van der Waals surface area contributed by atoms with Crippen LogP contribution in [-0.2, 0) is 13.4 Å². The van der Waals surface area contributed by atoms with Gasteiger partial charge in [-0.05, 0) is 0 Å². The minimum atomic E-state index is -3.13. The van der Waals surface area contributed by atoms with Crippen molar-refractivity contribution in [2.24, 2.45) is 0 Å². The standard InChI is InChI=1S/Mg.Na.3H2O3Si.3H/c;;3*1-4(2)3;;;/h;;3*1-2H;;;/q+2;+1;;;;3*-1. The van der Waals surface area contributed by atoms with Gasteiger partial charge in [-0.3, -0.25) is 13.4 Å². The van der Waals surface area contributed by atoms with E-state index in [-0.39, 0.29) is 56.9 Å². The molecule has 0 radical (unpaired) electrons. The third kappa shape index (κ3) is 4470. The van der Waals surface area contributed by atoms with Gasteiger partial charge >= 0.3 is 80.1 Å². The first-order valence-corrected chi connectivity index (χ1v) is 5.86. The zero-order valence-electron chi connectivity index (χ0n) is 10.1. The summed E-state index contributed by atoms with van der Waals surface area (Å²) in [6.07, 6.45) is 0. The molecule has 0 aromatic carbocycles. The minimum Gasteiger partial charge on any atom is -1.00 e. The molecule has 14 heavy (non-hydrogen) atoms. The molecule has 14 heteroatoms. The van der Waals surface area contributed by atoms with E-state index in [0.717, 1.165) is 0 Å². The molecule has 78 valence electrons. The molecule has 0 spiro atoms. The largest absolute Gasteiger partial charge is 2.00 e. The Morgan fingerprint density at radius 1 is 0.643 bits per heavy atom. The molecule has 0 heterocycles. The van der Waals surface area contributed by atoms with Crippen LogP contribution >= 0.6 is 0 Å². The van der Waals surface area contributed by atoms with Crippen LogP contribution in [-0.4, -0.2) is 79.3 Å². The smallest absolute Gasteiger partial charge is 1.00 e. The van der Waals surface area contributed by atoms with Crippen LogP contribution < -0.4 is 29.6 Å². The summed E-state index contributed by atoms with van der Waals surface area (Å²) in [5.41, 5.74) is 0. The molecule has 0 fully saturated rings. The first kappa shape index (κ1) is 29.3. The summed E-state index contributed by atoms with van der Waals surface area (Å²) in [7, 11) is -9.39. The fourth-order valence-electron chi connectivity index (χ4n) is 0. The van der Waals surface area contributed by atoms with Crippen molar-refractivity contribution in [1.29, 1.82) is 0 Å². The molecule has 0 atom stereocenters. The summed E-state index contributed by atoms with van der Waals surface area (Å²) in [6.45, 7) is 0. The van der Waals surface area contributed by atoms with Crippen molar-refractivity contribution in [2.75, 3.05) is 0 Å². The molecule has 0 aliphatic rings. The van der Waals surface area contributed by atoms with Gasteiger partial charge in [0.15, 0.2) is 0 Å². The molecule has 6 N–H and O–H groups in total. The summed E-state index contributed by atoms with van der Waals surface area (Å²) < 4.78 is 26.2. The van der Waals surface area contributed by atoms with Crippen LogP contribution in [0.2, 0.25) is 0 Å². The Balaban J connectivity index is -0.0000000104. The average Bonchev–Trinajstić information content (AvgIpc) is 1.54. The van der Waals surface area contributed by atoms with Crippen LogP contribution in [0.3, 0.4) is 0 Å². The maximum absolute atomic E-state index is 8.74. The van der Waals surface area contributed by atoms with Crippen LogP contribution in [0.25, 0.3) is 0 Å². The molecular formula is H9MgNaO9Si3. The van der Waals surface area contributed by atoms with Crippen LogP contribution in [0.4, 0.5) is 0 Å². The molecule has 0 saturated carbocycles. The van der Waals surface area contributed by atoms with Crippen molar-refractivity contribution in [2.45, 2.75) is 0 Å². The first-order chi connectivity index (χ1) is 5.20. The van der Waals surface area contributed by atoms with E-state index in [1.54, 1.807) is 0 Å². The van der Waals surface area contributed by atoms with Gasteiger partial charge in [-0.2, -0.15) is 0 Å². The van der Waals surface area contributed by atoms with Gasteiger partial charge in [-0.25, -0.2) is 0 Å². The van der Waals surface area contributed by atoms with Gasteiger partial charge in [0.2, 0.25) is 0 Å².